The van der Waals surface area contributed by atoms with Gasteiger partial charge in [-0.25, -0.2) is 0 Å². The molecule has 1 amide bonds. The van der Waals surface area contributed by atoms with Gasteiger partial charge in [-0.1, -0.05) is 0 Å². The molecular weight excluding hydrogens is 300 g/mol. The van der Waals surface area contributed by atoms with Gasteiger partial charge in [0.1, 0.15) is 0 Å². The first-order chi connectivity index (χ1) is 11.6. The van der Waals surface area contributed by atoms with Crippen molar-refractivity contribution < 1.29 is 4.79 Å². The molecule has 2 aromatic rings. The lowest BCUT2D eigenvalue weighted by Crippen LogP contribution is -2.30. The minimum absolute atomic E-state index is 0.00939. The summed E-state index contributed by atoms with van der Waals surface area (Å²) in [6.45, 7) is 8.27. The average Bonchev–Trinajstić information content (AvgIpc) is 3.23. The predicted octanol–water partition coefficient (Wildman–Crippen LogP) is 2.72. The number of likely N-dealkylation sites (tertiary alicyclic amines) is 1. The molecule has 1 aliphatic rings. The van der Waals surface area contributed by atoms with E-state index in [1.54, 1.807) is 24.5 Å². The van der Waals surface area contributed by atoms with Crippen molar-refractivity contribution in [2.75, 3.05) is 19.6 Å². The summed E-state index contributed by atoms with van der Waals surface area (Å²) in [7, 11) is 0. The molecule has 0 saturated carbocycles. The maximum absolute atomic E-state index is 12.1. The van der Waals surface area contributed by atoms with Crippen LogP contribution in [0, 0.1) is 5.92 Å². The lowest BCUT2D eigenvalue weighted by atomic mass is 10.1. The molecule has 128 valence electrons. The molecule has 3 rings (SSSR count). The van der Waals surface area contributed by atoms with E-state index < -0.39 is 0 Å². The Balaban J connectivity index is 1.44. The van der Waals surface area contributed by atoms with E-state index in [2.05, 4.69) is 52.1 Å². The summed E-state index contributed by atoms with van der Waals surface area (Å²) in [4.78, 5) is 18.5. The van der Waals surface area contributed by atoms with Crippen LogP contribution in [0.25, 0.3) is 0 Å². The summed E-state index contributed by atoms with van der Waals surface area (Å²) in [5, 5.41) is 3.05. The van der Waals surface area contributed by atoms with Gasteiger partial charge < -0.3 is 9.88 Å². The summed E-state index contributed by atoms with van der Waals surface area (Å²) in [6.07, 6.45) is 8.83. The van der Waals surface area contributed by atoms with Gasteiger partial charge in [0.25, 0.3) is 5.91 Å². The zero-order valence-corrected chi connectivity index (χ0v) is 14.5. The molecule has 24 heavy (non-hydrogen) atoms. The smallest absolute Gasteiger partial charge is 0.251 e. The largest absolute Gasteiger partial charge is 0.352 e. The standard InChI is InChI=1S/C19H26N4O/c1-15(2)23-10-6-17(14-23)13-22-9-5-16(12-22)11-21-19(24)18-3-7-20-8-4-18/h3-4,6-8,10,14-16H,5,9,11-13H2,1-2H3,(H,21,24)/t16-/m1/s1. The highest BCUT2D eigenvalue weighted by Gasteiger charge is 2.23. The van der Waals surface area contributed by atoms with Gasteiger partial charge in [0, 0.05) is 56.0 Å². The quantitative estimate of drug-likeness (QED) is 0.888. The van der Waals surface area contributed by atoms with Crippen molar-refractivity contribution in [1.29, 1.82) is 0 Å². The maximum atomic E-state index is 12.1. The molecule has 0 unspecified atom stereocenters. The zero-order chi connectivity index (χ0) is 16.9. The van der Waals surface area contributed by atoms with Gasteiger partial charge in [-0.3, -0.25) is 14.7 Å². The average molecular weight is 326 g/mol. The number of hydrogen-bond donors (Lipinski definition) is 1. The molecule has 0 aliphatic carbocycles. The third kappa shape index (κ3) is 4.23. The molecule has 3 heterocycles. The number of carbonyl (C=O) groups is 1. The number of carbonyl (C=O) groups excluding carboxylic acids is 1. The van der Waals surface area contributed by atoms with Gasteiger partial charge in [-0.15, -0.1) is 0 Å². The summed E-state index contributed by atoms with van der Waals surface area (Å²) in [5.74, 6) is 0.521. The molecule has 1 saturated heterocycles. The number of rotatable bonds is 6. The lowest BCUT2D eigenvalue weighted by Gasteiger charge is -2.16. The van der Waals surface area contributed by atoms with Crippen molar-refractivity contribution in [3.05, 3.63) is 54.1 Å². The van der Waals surface area contributed by atoms with E-state index >= 15 is 0 Å². The SMILES string of the molecule is CC(C)n1ccc(CN2CC[C@H](CNC(=O)c3ccncc3)C2)c1. The van der Waals surface area contributed by atoms with Gasteiger partial charge in [0.2, 0.25) is 0 Å². The Morgan fingerprint density at radius 2 is 2.12 bits per heavy atom. The topological polar surface area (TPSA) is 50.2 Å². The Morgan fingerprint density at radius 1 is 1.33 bits per heavy atom. The van der Waals surface area contributed by atoms with E-state index in [4.69, 9.17) is 0 Å². The summed E-state index contributed by atoms with van der Waals surface area (Å²) in [5.41, 5.74) is 2.04. The Labute approximate surface area is 143 Å². The molecule has 5 heteroatoms. The van der Waals surface area contributed by atoms with E-state index in [1.165, 1.54) is 5.56 Å². The number of aromatic nitrogens is 2. The van der Waals surface area contributed by atoms with Crippen LogP contribution in [0.4, 0.5) is 0 Å². The second-order valence-corrected chi connectivity index (χ2v) is 6.90. The lowest BCUT2D eigenvalue weighted by molar-refractivity contribution is 0.0947. The summed E-state index contributed by atoms with van der Waals surface area (Å²) >= 11 is 0. The molecular formula is C19H26N4O. The van der Waals surface area contributed by atoms with Crippen molar-refractivity contribution in [1.82, 2.24) is 19.8 Å². The third-order valence-corrected chi connectivity index (χ3v) is 4.64. The number of nitrogens with one attached hydrogen (secondary N) is 1. The van der Waals surface area contributed by atoms with Gasteiger partial charge in [-0.2, -0.15) is 0 Å². The number of amides is 1. The Kier molecular flexibility index (Phi) is 5.30. The van der Waals surface area contributed by atoms with Gasteiger partial charge >= 0.3 is 0 Å². The van der Waals surface area contributed by atoms with E-state index in [0.717, 1.165) is 32.6 Å². The molecule has 1 fully saturated rings. The molecule has 0 radical (unpaired) electrons. The normalized spacial score (nSPS) is 18.2. The monoisotopic (exact) mass is 326 g/mol. The fourth-order valence-electron chi connectivity index (χ4n) is 3.20. The second kappa shape index (κ2) is 7.62. The van der Waals surface area contributed by atoms with Crippen molar-refractivity contribution in [3.63, 3.8) is 0 Å². The third-order valence-electron chi connectivity index (χ3n) is 4.64. The van der Waals surface area contributed by atoms with Crippen molar-refractivity contribution >= 4 is 5.91 Å². The van der Waals surface area contributed by atoms with E-state index in [0.29, 0.717) is 17.5 Å². The van der Waals surface area contributed by atoms with Crippen molar-refractivity contribution in [2.45, 2.75) is 32.9 Å². The Morgan fingerprint density at radius 3 is 2.83 bits per heavy atom. The van der Waals surface area contributed by atoms with Crippen LogP contribution in [0.15, 0.2) is 43.0 Å². The number of pyridine rings is 1. The van der Waals surface area contributed by atoms with Gasteiger partial charge in [-0.05, 0) is 56.5 Å². The van der Waals surface area contributed by atoms with E-state index in [1.807, 2.05) is 0 Å². The Bertz CT molecular complexity index is 665. The summed E-state index contributed by atoms with van der Waals surface area (Å²) in [6, 6.07) is 6.21. The molecule has 1 aliphatic heterocycles. The molecule has 0 aromatic carbocycles. The van der Waals surface area contributed by atoms with Crippen LogP contribution in [0.1, 0.15) is 42.2 Å². The number of nitrogens with zero attached hydrogens (tertiary/aromatic N) is 3. The van der Waals surface area contributed by atoms with Gasteiger partial charge in [0.15, 0.2) is 0 Å². The highest BCUT2D eigenvalue weighted by atomic mass is 16.1. The number of hydrogen-bond acceptors (Lipinski definition) is 3. The zero-order valence-electron chi connectivity index (χ0n) is 14.5. The maximum Gasteiger partial charge on any atom is 0.251 e. The van der Waals surface area contributed by atoms with Crippen LogP contribution < -0.4 is 5.32 Å². The first-order valence-corrected chi connectivity index (χ1v) is 8.69. The van der Waals surface area contributed by atoms with Crippen LogP contribution in [0.5, 0.6) is 0 Å². The highest BCUT2D eigenvalue weighted by Crippen LogP contribution is 2.19. The molecule has 1 atom stereocenters. The molecule has 2 aromatic heterocycles. The first kappa shape index (κ1) is 16.7. The minimum Gasteiger partial charge on any atom is -0.352 e. The van der Waals surface area contributed by atoms with Crippen LogP contribution in [-0.4, -0.2) is 40.0 Å². The summed E-state index contributed by atoms with van der Waals surface area (Å²) < 4.78 is 2.25. The second-order valence-electron chi connectivity index (χ2n) is 6.90. The van der Waals surface area contributed by atoms with Crippen LogP contribution in [-0.2, 0) is 6.54 Å². The Hall–Kier alpha value is -2.14. The first-order valence-electron chi connectivity index (χ1n) is 8.69. The molecule has 1 N–H and O–H groups in total. The van der Waals surface area contributed by atoms with E-state index in [9.17, 15) is 4.79 Å². The predicted molar refractivity (Wildman–Crippen MR) is 94.8 cm³/mol. The van der Waals surface area contributed by atoms with E-state index in [-0.39, 0.29) is 5.91 Å². The van der Waals surface area contributed by atoms with Crippen LogP contribution in [0.2, 0.25) is 0 Å². The minimum atomic E-state index is -0.00939. The van der Waals surface area contributed by atoms with Crippen molar-refractivity contribution in [2.24, 2.45) is 5.92 Å². The molecule has 0 spiro atoms. The van der Waals surface area contributed by atoms with Gasteiger partial charge in [0.05, 0.1) is 0 Å². The highest BCUT2D eigenvalue weighted by molar-refractivity contribution is 5.93. The van der Waals surface area contributed by atoms with Crippen molar-refractivity contribution in [3.8, 4) is 0 Å². The fraction of sp³-hybridized carbons (Fsp3) is 0.474. The molecule has 5 nitrogen and oxygen atoms in total. The fourth-order valence-corrected chi connectivity index (χ4v) is 3.20. The van der Waals surface area contributed by atoms with Crippen LogP contribution in [0.3, 0.4) is 0 Å². The van der Waals surface area contributed by atoms with Crippen LogP contribution >= 0.6 is 0 Å². The molecule has 0 bridgehead atoms.